The summed E-state index contributed by atoms with van der Waals surface area (Å²) in [6.45, 7) is -1.19. The number of aliphatic imine (C=N–C) groups is 2. The lowest BCUT2D eigenvalue weighted by atomic mass is 9.91. The first-order valence-corrected chi connectivity index (χ1v) is 30.5. The maximum absolute atomic E-state index is 14.6. The fourth-order valence-electron chi connectivity index (χ4n) is 12.5. The molecule has 2 aliphatic carbocycles. The number of aliphatic hydroxyl groups excluding tert-OH is 2. The number of hydrogen-bond acceptors (Lipinski definition) is 16. The number of likely N-dealkylation sites (tertiary alicyclic amines) is 2. The van der Waals surface area contributed by atoms with Crippen LogP contribution in [0.15, 0.2) is 34.3 Å². The molecule has 0 unspecified atom stereocenters. The Morgan fingerprint density at radius 1 is 0.609 bits per heavy atom. The molecule has 0 radical (unpaired) electrons. The molecule has 9 amide bonds. The predicted octanol–water partition coefficient (Wildman–Crippen LogP) is -4.55. The lowest BCUT2D eigenvalue weighted by Gasteiger charge is -2.38. The minimum absolute atomic E-state index is 0.0121. The summed E-state index contributed by atoms with van der Waals surface area (Å²) < 4.78 is 0. The van der Waals surface area contributed by atoms with Crippen LogP contribution < -0.4 is 66.3 Å². The maximum atomic E-state index is 14.6. The van der Waals surface area contributed by atoms with Crippen LogP contribution in [-0.2, 0) is 60.9 Å². The molecule has 6 rings (SSSR count). The number of amides is 9. The van der Waals surface area contributed by atoms with Crippen LogP contribution in [0.1, 0.15) is 127 Å². The third kappa shape index (κ3) is 19.4. The summed E-state index contributed by atoms with van der Waals surface area (Å²) in [5, 5.41) is 47.7. The number of nitrogens with one attached hydrogen (secondary N) is 6. The monoisotopic (exact) mass is 1220 g/mol. The third-order valence-electron chi connectivity index (χ3n) is 17.1. The van der Waals surface area contributed by atoms with E-state index in [1.165, 1.54) is 9.80 Å². The van der Waals surface area contributed by atoms with E-state index in [0.717, 1.165) is 41.7 Å². The van der Waals surface area contributed by atoms with Crippen LogP contribution in [0, 0.1) is 11.8 Å². The van der Waals surface area contributed by atoms with E-state index in [-0.39, 0.29) is 95.5 Å². The number of carboxylic acid groups (broad SMARTS) is 1. The van der Waals surface area contributed by atoms with Gasteiger partial charge in [-0.1, -0.05) is 49.9 Å². The molecule has 1 aromatic carbocycles. The van der Waals surface area contributed by atoms with Crippen LogP contribution >= 0.6 is 0 Å². The third-order valence-corrected chi connectivity index (χ3v) is 17.1. The number of aliphatic hydroxyl groups is 2. The van der Waals surface area contributed by atoms with Gasteiger partial charge in [0.05, 0.1) is 25.3 Å². The van der Waals surface area contributed by atoms with E-state index in [1.807, 2.05) is 6.07 Å². The number of benzene rings is 1. The number of rotatable bonds is 31. The van der Waals surface area contributed by atoms with Crippen LogP contribution in [0.4, 0.5) is 0 Å². The Kier molecular flexibility index (Phi) is 26.3. The van der Waals surface area contributed by atoms with E-state index in [0.29, 0.717) is 57.9 Å². The van der Waals surface area contributed by atoms with Gasteiger partial charge >= 0.3 is 5.97 Å². The SMILES string of the molecule is NCCCC[C@H](NC(=O)[C@H](N)CCCN=C(N)N)C(=O)N[C@@H](CCCN=C(N)N)C(=O)N1CCC[C@H]1C(=O)N1C[C@H](O)C[C@H]1C(=O)NCC(=O)N[C@H](C(=O)N[C@@H](CO)C(=O)N1Cc2ccccc2C[C@@H]1C(=O)N[C@H](C(=O)O)C1CCCC1)C1CCCC1. The smallest absolute Gasteiger partial charge is 0.326 e. The van der Waals surface area contributed by atoms with Crippen molar-refractivity contribution in [3.8, 4) is 0 Å². The molecule has 3 heterocycles. The first-order chi connectivity index (χ1) is 41.6. The summed E-state index contributed by atoms with van der Waals surface area (Å²) in [5.41, 5.74) is 35.3. The molecule has 87 heavy (non-hydrogen) atoms. The van der Waals surface area contributed by atoms with Crippen molar-refractivity contribution in [3.63, 3.8) is 0 Å². The zero-order valence-corrected chi connectivity index (χ0v) is 49.5. The molecule has 30 nitrogen and oxygen atoms in total. The predicted molar refractivity (Wildman–Crippen MR) is 317 cm³/mol. The van der Waals surface area contributed by atoms with Gasteiger partial charge in [-0.05, 0) is 113 Å². The van der Waals surface area contributed by atoms with Gasteiger partial charge in [0.1, 0.15) is 48.3 Å². The summed E-state index contributed by atoms with van der Waals surface area (Å²) in [5.74, 6) is -8.68. The number of fused-ring (bicyclic) bond motifs is 1. The second-order valence-electron chi connectivity index (χ2n) is 23.4. The molecule has 4 fully saturated rings. The number of carbonyl (C=O) groups excluding carboxylic acids is 9. The lowest BCUT2D eigenvalue weighted by molar-refractivity contribution is -0.148. The van der Waals surface area contributed by atoms with E-state index in [9.17, 15) is 63.3 Å². The molecular weight excluding hydrogens is 1130 g/mol. The summed E-state index contributed by atoms with van der Waals surface area (Å²) in [6.07, 6.45) is 6.55. The van der Waals surface area contributed by atoms with Gasteiger partial charge in [0.15, 0.2) is 11.9 Å². The maximum Gasteiger partial charge on any atom is 0.326 e. The highest BCUT2D eigenvalue weighted by molar-refractivity contribution is 5.99. The number of aliphatic carboxylic acids is 1. The number of nitrogens with two attached hydrogens (primary N) is 6. The van der Waals surface area contributed by atoms with Gasteiger partial charge in [0.2, 0.25) is 53.2 Å². The summed E-state index contributed by atoms with van der Waals surface area (Å²) in [4.78, 5) is 151. The second kappa shape index (κ2) is 33.4. The topological polar surface area (TPSA) is 494 Å². The Labute approximate surface area is 505 Å². The normalized spacial score (nSPS) is 21.4. The lowest BCUT2D eigenvalue weighted by Crippen LogP contribution is -2.62. The van der Waals surface area contributed by atoms with Crippen LogP contribution in [0.2, 0.25) is 0 Å². The first-order valence-electron chi connectivity index (χ1n) is 30.5. The summed E-state index contributed by atoms with van der Waals surface area (Å²) >= 11 is 0. The molecule has 482 valence electrons. The molecule has 0 bridgehead atoms. The molecule has 3 aliphatic heterocycles. The zero-order valence-electron chi connectivity index (χ0n) is 49.5. The van der Waals surface area contributed by atoms with Crippen molar-refractivity contribution >= 4 is 71.1 Å². The molecule has 10 atom stereocenters. The van der Waals surface area contributed by atoms with Crippen LogP contribution in [0.3, 0.4) is 0 Å². The Morgan fingerprint density at radius 3 is 1.82 bits per heavy atom. The van der Waals surface area contributed by atoms with Gasteiger partial charge in [0, 0.05) is 45.6 Å². The number of unbranched alkanes of at least 4 members (excludes halogenated alkanes) is 1. The Hall–Kier alpha value is -7.70. The molecule has 0 spiro atoms. The van der Waals surface area contributed by atoms with E-state index in [2.05, 4.69) is 41.9 Å². The van der Waals surface area contributed by atoms with Crippen LogP contribution in [-0.4, -0.2) is 207 Å². The van der Waals surface area contributed by atoms with Crippen molar-refractivity contribution < 1.29 is 63.3 Å². The molecule has 2 saturated carbocycles. The van der Waals surface area contributed by atoms with E-state index >= 15 is 0 Å². The number of β-amino-alcohol motifs (C(OH)–C–C–N with tert-alkyl or cyclic N) is 1. The van der Waals surface area contributed by atoms with E-state index < -0.39 is 139 Å². The summed E-state index contributed by atoms with van der Waals surface area (Å²) in [6, 6.07) is -3.83. The average molecular weight is 1220 g/mol. The quantitative estimate of drug-likeness (QED) is 0.0189. The largest absolute Gasteiger partial charge is 0.480 e. The Balaban J connectivity index is 1.10. The summed E-state index contributed by atoms with van der Waals surface area (Å²) in [7, 11) is 0. The van der Waals surface area contributed by atoms with E-state index in [4.69, 9.17) is 34.4 Å². The molecular formula is C57H91N17O13. The van der Waals surface area contributed by atoms with Gasteiger partial charge < -0.3 is 96.3 Å². The van der Waals surface area contributed by atoms with Gasteiger partial charge in [-0.2, -0.15) is 0 Å². The highest BCUT2D eigenvalue weighted by Crippen LogP contribution is 2.31. The number of guanidine groups is 2. The molecule has 21 N–H and O–H groups in total. The number of hydrogen-bond donors (Lipinski definition) is 15. The fraction of sp³-hybridized carbons (Fsp3) is 0.684. The van der Waals surface area contributed by atoms with Crippen molar-refractivity contribution in [2.75, 3.05) is 45.9 Å². The fourth-order valence-corrected chi connectivity index (χ4v) is 12.5. The van der Waals surface area contributed by atoms with Gasteiger partial charge in [-0.3, -0.25) is 53.1 Å². The zero-order chi connectivity index (χ0) is 63.3. The highest BCUT2D eigenvalue weighted by atomic mass is 16.4. The van der Waals surface area contributed by atoms with Crippen LogP contribution in [0.5, 0.6) is 0 Å². The molecule has 2 saturated heterocycles. The van der Waals surface area contributed by atoms with Gasteiger partial charge in [-0.15, -0.1) is 0 Å². The van der Waals surface area contributed by atoms with E-state index in [1.54, 1.807) is 18.2 Å². The number of carbonyl (C=O) groups is 10. The Bertz CT molecular complexity index is 2640. The molecule has 5 aliphatic rings. The van der Waals surface area contributed by atoms with Crippen molar-refractivity contribution in [1.82, 2.24) is 46.6 Å². The van der Waals surface area contributed by atoms with Crippen molar-refractivity contribution in [2.24, 2.45) is 56.2 Å². The minimum Gasteiger partial charge on any atom is -0.480 e. The van der Waals surface area contributed by atoms with Crippen molar-refractivity contribution in [1.29, 1.82) is 0 Å². The number of carboxylic acids is 1. The van der Waals surface area contributed by atoms with Gasteiger partial charge in [0.25, 0.3) is 0 Å². The highest BCUT2D eigenvalue weighted by Gasteiger charge is 2.47. The minimum atomic E-state index is -1.58. The Morgan fingerprint density at radius 2 is 1.20 bits per heavy atom. The molecule has 0 aromatic heterocycles. The number of nitrogens with zero attached hydrogens (tertiary/aromatic N) is 5. The van der Waals surface area contributed by atoms with Gasteiger partial charge in [-0.25, -0.2) is 4.79 Å². The first kappa shape index (κ1) is 68.4. The van der Waals surface area contributed by atoms with Crippen LogP contribution in [0.25, 0.3) is 0 Å². The second-order valence-corrected chi connectivity index (χ2v) is 23.4. The van der Waals surface area contributed by atoms with Crippen molar-refractivity contribution in [3.05, 3.63) is 35.4 Å². The average Bonchev–Trinajstić information content (AvgIpc) is 2.48. The molecule has 1 aromatic rings. The standard InChI is InChI=1S/C57H91N17O13/c58-22-8-7-19-38(67-47(78)37(59)18-9-23-64-56(60)61)48(79)68-39(20-10-24-65-57(62)63)52(83)72-25-11-21-41(72)54(85)74-30-36(76)27-43(74)49(80)66-28-44(77)70-45(32-12-1-2-13-32)51(82)69-40(31-75)53(84)73-29-35-17-6-5-16-34(35)26-42(73)50(81)71-46(55(86)87)33-14-3-4-15-33/h5-6,16-17,32-33,36-43,45-46,75-76H,1-4,7-15,18-31,58-59H2,(H,66,80)(H,67,78)(H,68,79)(H,69,82)(H,70,77)(H,71,81)(H,86,87)(H4,60,61,64)(H4,62,63,65)/t36-,37-,38+,39+,40+,41+,42-,43+,45+,46+/m1/s1. The molecule has 30 heteroatoms. The van der Waals surface area contributed by atoms with Crippen molar-refractivity contribution in [2.45, 2.75) is 189 Å².